The summed E-state index contributed by atoms with van der Waals surface area (Å²) >= 11 is 1.54. The standard InChI is InChI=1S/C9H12FNS/c1-6-2-3-8(12-6)9(10)4-7(11)5-9/h2-3,7H,4-5,11H2,1H3. The second kappa shape index (κ2) is 2.54. The van der Waals surface area contributed by atoms with E-state index in [1.54, 1.807) is 11.3 Å². The summed E-state index contributed by atoms with van der Waals surface area (Å²) in [5.74, 6) is 0. The topological polar surface area (TPSA) is 26.0 Å². The minimum atomic E-state index is -1.10. The Bertz CT molecular complexity index is 288. The van der Waals surface area contributed by atoms with E-state index in [2.05, 4.69) is 0 Å². The number of halogens is 1. The first-order valence-corrected chi connectivity index (χ1v) is 4.93. The van der Waals surface area contributed by atoms with Crippen molar-refractivity contribution in [1.29, 1.82) is 0 Å². The second-order valence-electron chi connectivity index (χ2n) is 3.54. The molecule has 12 heavy (non-hydrogen) atoms. The van der Waals surface area contributed by atoms with Crippen molar-refractivity contribution in [2.24, 2.45) is 5.73 Å². The maximum Gasteiger partial charge on any atom is 0.148 e. The van der Waals surface area contributed by atoms with Crippen LogP contribution in [0.15, 0.2) is 12.1 Å². The van der Waals surface area contributed by atoms with E-state index in [0.29, 0.717) is 12.8 Å². The molecular formula is C9H12FNS. The minimum absolute atomic E-state index is 0.0670. The van der Waals surface area contributed by atoms with Gasteiger partial charge in [-0.3, -0.25) is 0 Å². The molecule has 2 N–H and O–H groups in total. The van der Waals surface area contributed by atoms with Crippen LogP contribution in [0.2, 0.25) is 0 Å². The quantitative estimate of drug-likeness (QED) is 0.714. The molecule has 66 valence electrons. The largest absolute Gasteiger partial charge is 0.327 e. The highest BCUT2D eigenvalue weighted by Gasteiger charge is 2.45. The number of alkyl halides is 1. The zero-order valence-corrected chi connectivity index (χ0v) is 7.83. The lowest BCUT2D eigenvalue weighted by Crippen LogP contribution is -2.45. The van der Waals surface area contributed by atoms with E-state index < -0.39 is 5.67 Å². The SMILES string of the molecule is Cc1ccc(C2(F)CC(N)C2)s1. The summed E-state index contributed by atoms with van der Waals surface area (Å²) in [6.45, 7) is 2.00. The Morgan fingerprint density at radius 3 is 2.67 bits per heavy atom. The van der Waals surface area contributed by atoms with E-state index in [-0.39, 0.29) is 6.04 Å². The minimum Gasteiger partial charge on any atom is -0.327 e. The summed E-state index contributed by atoms with van der Waals surface area (Å²) in [5, 5.41) is 0. The average Bonchev–Trinajstić information content (AvgIpc) is 2.33. The summed E-state index contributed by atoms with van der Waals surface area (Å²) in [4.78, 5) is 2.02. The summed E-state index contributed by atoms with van der Waals surface area (Å²) in [7, 11) is 0. The fourth-order valence-corrected chi connectivity index (χ4v) is 2.62. The van der Waals surface area contributed by atoms with Crippen molar-refractivity contribution in [3.63, 3.8) is 0 Å². The first-order valence-electron chi connectivity index (χ1n) is 4.11. The van der Waals surface area contributed by atoms with E-state index in [1.807, 2.05) is 19.1 Å². The molecule has 1 fully saturated rings. The maximum absolute atomic E-state index is 13.8. The molecule has 1 saturated carbocycles. The molecule has 0 radical (unpaired) electrons. The van der Waals surface area contributed by atoms with Crippen molar-refractivity contribution in [1.82, 2.24) is 0 Å². The molecule has 3 heteroatoms. The molecule has 1 aromatic rings. The van der Waals surface area contributed by atoms with Crippen molar-refractivity contribution in [3.05, 3.63) is 21.9 Å². The van der Waals surface area contributed by atoms with Gasteiger partial charge in [0.1, 0.15) is 5.67 Å². The molecule has 0 spiro atoms. The monoisotopic (exact) mass is 185 g/mol. The summed E-state index contributed by atoms with van der Waals surface area (Å²) in [5.41, 5.74) is 4.46. The van der Waals surface area contributed by atoms with Gasteiger partial charge in [0, 0.05) is 28.6 Å². The smallest absolute Gasteiger partial charge is 0.148 e. The number of rotatable bonds is 1. The lowest BCUT2D eigenvalue weighted by atomic mass is 9.77. The van der Waals surface area contributed by atoms with Crippen LogP contribution in [0.1, 0.15) is 22.6 Å². The van der Waals surface area contributed by atoms with Crippen LogP contribution in [0.3, 0.4) is 0 Å². The van der Waals surface area contributed by atoms with Gasteiger partial charge in [-0.25, -0.2) is 4.39 Å². The summed E-state index contributed by atoms with van der Waals surface area (Å²) in [6.07, 6.45) is 0.986. The van der Waals surface area contributed by atoms with Gasteiger partial charge in [0.25, 0.3) is 0 Å². The second-order valence-corrected chi connectivity index (χ2v) is 4.83. The van der Waals surface area contributed by atoms with Crippen LogP contribution in [0.4, 0.5) is 4.39 Å². The normalized spacial score (nSPS) is 34.8. The maximum atomic E-state index is 13.8. The zero-order chi connectivity index (χ0) is 8.77. The number of hydrogen-bond donors (Lipinski definition) is 1. The Hall–Kier alpha value is -0.410. The third kappa shape index (κ3) is 1.17. The van der Waals surface area contributed by atoms with Crippen molar-refractivity contribution in [2.45, 2.75) is 31.5 Å². The molecule has 0 atom stereocenters. The molecule has 0 saturated heterocycles. The van der Waals surface area contributed by atoms with Crippen LogP contribution < -0.4 is 5.73 Å². The molecule has 1 aliphatic rings. The molecule has 0 aromatic carbocycles. The van der Waals surface area contributed by atoms with E-state index in [4.69, 9.17) is 5.73 Å². The molecule has 1 aliphatic carbocycles. The third-order valence-corrected chi connectivity index (χ3v) is 3.53. The van der Waals surface area contributed by atoms with E-state index in [9.17, 15) is 4.39 Å². The fraction of sp³-hybridized carbons (Fsp3) is 0.556. The lowest BCUT2D eigenvalue weighted by molar-refractivity contribution is 0.0444. The molecule has 1 heterocycles. The van der Waals surface area contributed by atoms with Gasteiger partial charge in [0.15, 0.2) is 0 Å². The van der Waals surface area contributed by atoms with E-state index in [0.717, 1.165) is 4.88 Å². The molecule has 0 aliphatic heterocycles. The van der Waals surface area contributed by atoms with Crippen molar-refractivity contribution < 1.29 is 4.39 Å². The molecular weight excluding hydrogens is 173 g/mol. The number of thiophene rings is 1. The Morgan fingerprint density at radius 1 is 1.58 bits per heavy atom. The highest BCUT2D eigenvalue weighted by molar-refractivity contribution is 7.12. The van der Waals surface area contributed by atoms with Gasteiger partial charge in [-0.1, -0.05) is 0 Å². The third-order valence-electron chi connectivity index (χ3n) is 2.35. The highest BCUT2D eigenvalue weighted by Crippen LogP contribution is 2.46. The summed E-state index contributed by atoms with van der Waals surface area (Å²) < 4.78 is 13.8. The van der Waals surface area contributed by atoms with Crippen LogP contribution in [0.25, 0.3) is 0 Å². The Morgan fingerprint density at radius 2 is 2.25 bits per heavy atom. The average molecular weight is 185 g/mol. The first-order chi connectivity index (χ1) is 5.60. The predicted octanol–water partition coefficient (Wildman–Crippen LogP) is 2.34. The van der Waals surface area contributed by atoms with Crippen LogP contribution in [-0.4, -0.2) is 6.04 Å². The van der Waals surface area contributed by atoms with Crippen LogP contribution >= 0.6 is 11.3 Å². The molecule has 0 bridgehead atoms. The molecule has 0 unspecified atom stereocenters. The molecule has 1 aromatic heterocycles. The van der Waals surface area contributed by atoms with Gasteiger partial charge in [-0.05, 0) is 19.1 Å². The van der Waals surface area contributed by atoms with Gasteiger partial charge >= 0.3 is 0 Å². The number of hydrogen-bond acceptors (Lipinski definition) is 2. The predicted molar refractivity (Wildman–Crippen MR) is 49.1 cm³/mol. The lowest BCUT2D eigenvalue weighted by Gasteiger charge is -2.38. The van der Waals surface area contributed by atoms with Crippen LogP contribution in [-0.2, 0) is 5.67 Å². The van der Waals surface area contributed by atoms with E-state index >= 15 is 0 Å². The first kappa shape index (κ1) is 8.20. The van der Waals surface area contributed by atoms with Crippen molar-refractivity contribution in [2.75, 3.05) is 0 Å². The van der Waals surface area contributed by atoms with Gasteiger partial charge in [0.05, 0.1) is 0 Å². The Balaban J connectivity index is 2.20. The highest BCUT2D eigenvalue weighted by atomic mass is 32.1. The van der Waals surface area contributed by atoms with Gasteiger partial charge < -0.3 is 5.73 Å². The fourth-order valence-electron chi connectivity index (χ4n) is 1.65. The van der Waals surface area contributed by atoms with Crippen LogP contribution in [0.5, 0.6) is 0 Å². The van der Waals surface area contributed by atoms with Gasteiger partial charge in [0.2, 0.25) is 0 Å². The van der Waals surface area contributed by atoms with Gasteiger partial charge in [-0.2, -0.15) is 0 Å². The van der Waals surface area contributed by atoms with Gasteiger partial charge in [-0.15, -0.1) is 11.3 Å². The molecule has 0 amide bonds. The number of nitrogens with two attached hydrogens (primary N) is 1. The van der Waals surface area contributed by atoms with Crippen molar-refractivity contribution >= 4 is 11.3 Å². The molecule has 2 rings (SSSR count). The Kier molecular flexibility index (Phi) is 1.73. The molecule has 1 nitrogen and oxygen atoms in total. The van der Waals surface area contributed by atoms with Crippen LogP contribution in [0, 0.1) is 6.92 Å². The zero-order valence-electron chi connectivity index (χ0n) is 7.01. The summed E-state index contributed by atoms with van der Waals surface area (Å²) in [6, 6.07) is 3.91. The van der Waals surface area contributed by atoms with E-state index in [1.165, 1.54) is 4.88 Å². The number of aryl methyl sites for hydroxylation is 1. The Labute approximate surface area is 75.4 Å². The van der Waals surface area contributed by atoms with Crippen molar-refractivity contribution in [3.8, 4) is 0 Å².